The molecule has 1 heterocycles. The molecule has 0 saturated heterocycles. The summed E-state index contributed by atoms with van der Waals surface area (Å²) < 4.78 is 53.1. The summed E-state index contributed by atoms with van der Waals surface area (Å²) in [6, 6.07) is 3.22. The molecular weight excluding hydrogens is 302 g/mol. The van der Waals surface area contributed by atoms with Gasteiger partial charge >= 0.3 is 0 Å². The van der Waals surface area contributed by atoms with E-state index in [2.05, 4.69) is 4.98 Å². The van der Waals surface area contributed by atoms with Gasteiger partial charge in [0.1, 0.15) is 0 Å². The van der Waals surface area contributed by atoms with E-state index >= 15 is 0 Å². The average molecular weight is 316 g/mol. The molecule has 1 aromatic heterocycles. The molecule has 0 atom stereocenters. The van der Waals surface area contributed by atoms with Crippen LogP contribution in [0.5, 0.6) is 0 Å². The number of halogens is 2. The van der Waals surface area contributed by atoms with Crippen molar-refractivity contribution >= 4 is 15.8 Å². The third-order valence-corrected chi connectivity index (χ3v) is 4.89. The van der Waals surface area contributed by atoms with Crippen molar-refractivity contribution in [1.82, 2.24) is 13.9 Å². The van der Waals surface area contributed by atoms with Gasteiger partial charge < -0.3 is 10.3 Å². The summed E-state index contributed by atoms with van der Waals surface area (Å²) in [6.45, 7) is -0.121. The van der Waals surface area contributed by atoms with E-state index in [1.807, 2.05) is 0 Å². The van der Waals surface area contributed by atoms with Crippen LogP contribution in [0.3, 0.4) is 0 Å². The predicted molar refractivity (Wildman–Crippen MR) is 72.6 cm³/mol. The fraction of sp³-hybridized carbons (Fsp3) is 0.250. The highest BCUT2D eigenvalue weighted by Gasteiger charge is 2.27. The molecule has 2 rings (SSSR count). The minimum absolute atomic E-state index is 0.116. The van der Waals surface area contributed by atoms with Gasteiger partial charge in [0.15, 0.2) is 22.5 Å². The largest absolute Gasteiger partial charge is 0.381 e. The van der Waals surface area contributed by atoms with Gasteiger partial charge in [-0.05, 0) is 17.7 Å². The predicted octanol–water partition coefficient (Wildman–Crippen LogP) is 1.10. The number of aryl methyl sites for hydroxylation is 1. The van der Waals surface area contributed by atoms with Crippen molar-refractivity contribution in [3.05, 3.63) is 41.7 Å². The first-order valence-corrected chi connectivity index (χ1v) is 7.34. The standard InChI is InChI=1S/C12H14F2N4O2S/c1-17-7-16-11(15)12(17)21(19,20)18(2)6-8-3-4-9(13)10(14)5-8/h3-5,7H,6,15H2,1-2H3. The fourth-order valence-electron chi connectivity index (χ4n) is 1.88. The molecule has 9 heteroatoms. The molecule has 0 aliphatic rings. The number of anilines is 1. The summed E-state index contributed by atoms with van der Waals surface area (Å²) in [6.07, 6.45) is 1.29. The lowest BCUT2D eigenvalue weighted by Gasteiger charge is -2.17. The Morgan fingerprint density at radius 2 is 2.00 bits per heavy atom. The zero-order valence-electron chi connectivity index (χ0n) is 11.4. The Morgan fingerprint density at radius 1 is 1.33 bits per heavy atom. The van der Waals surface area contributed by atoms with Crippen LogP contribution < -0.4 is 5.73 Å². The first-order valence-electron chi connectivity index (χ1n) is 5.90. The number of benzene rings is 1. The number of nitrogens with zero attached hydrogens (tertiary/aromatic N) is 3. The summed E-state index contributed by atoms with van der Waals surface area (Å²) >= 11 is 0. The van der Waals surface area contributed by atoms with Crippen LogP contribution in [0.4, 0.5) is 14.6 Å². The van der Waals surface area contributed by atoms with Crippen LogP contribution in [0.1, 0.15) is 5.56 Å². The molecular formula is C12H14F2N4O2S. The summed E-state index contributed by atoms with van der Waals surface area (Å²) in [5, 5.41) is -0.146. The maximum Gasteiger partial charge on any atom is 0.262 e. The van der Waals surface area contributed by atoms with E-state index in [0.717, 1.165) is 16.4 Å². The molecule has 0 aliphatic heterocycles. The van der Waals surface area contributed by atoms with Crippen molar-refractivity contribution in [2.45, 2.75) is 11.6 Å². The Balaban J connectivity index is 2.31. The molecule has 0 bridgehead atoms. The number of nitrogen functional groups attached to an aromatic ring is 1. The van der Waals surface area contributed by atoms with E-state index < -0.39 is 21.7 Å². The summed E-state index contributed by atoms with van der Waals surface area (Å²) in [5.41, 5.74) is 5.88. The van der Waals surface area contributed by atoms with Gasteiger partial charge in [-0.15, -0.1) is 0 Å². The number of rotatable bonds is 4. The molecule has 0 saturated carbocycles. The lowest BCUT2D eigenvalue weighted by Crippen LogP contribution is -2.28. The van der Waals surface area contributed by atoms with Crippen molar-refractivity contribution in [3.8, 4) is 0 Å². The SMILES string of the molecule is CN(Cc1ccc(F)c(F)c1)S(=O)(=O)c1c(N)ncn1C. The zero-order valence-corrected chi connectivity index (χ0v) is 12.2. The number of imidazole rings is 1. The Morgan fingerprint density at radius 3 is 2.52 bits per heavy atom. The van der Waals surface area contributed by atoms with E-state index in [9.17, 15) is 17.2 Å². The molecule has 21 heavy (non-hydrogen) atoms. The normalized spacial score (nSPS) is 12.0. The van der Waals surface area contributed by atoms with Crippen LogP contribution in [0.25, 0.3) is 0 Å². The van der Waals surface area contributed by atoms with Crippen molar-refractivity contribution in [3.63, 3.8) is 0 Å². The second-order valence-corrected chi connectivity index (χ2v) is 6.52. The molecule has 0 unspecified atom stereocenters. The van der Waals surface area contributed by atoms with E-state index in [-0.39, 0.29) is 17.4 Å². The second-order valence-electron chi connectivity index (χ2n) is 4.56. The van der Waals surface area contributed by atoms with Crippen LogP contribution in [0, 0.1) is 11.6 Å². The molecule has 2 N–H and O–H groups in total. The smallest absolute Gasteiger partial charge is 0.262 e. The Bertz CT molecular complexity index is 754. The quantitative estimate of drug-likeness (QED) is 0.916. The lowest BCUT2D eigenvalue weighted by molar-refractivity contribution is 0.456. The van der Waals surface area contributed by atoms with Crippen LogP contribution in [0.15, 0.2) is 29.6 Å². The first-order chi connectivity index (χ1) is 9.73. The van der Waals surface area contributed by atoms with Crippen LogP contribution in [-0.4, -0.2) is 29.3 Å². The minimum atomic E-state index is -3.89. The molecule has 0 fully saturated rings. The summed E-state index contributed by atoms with van der Waals surface area (Å²) in [5.74, 6) is -2.13. The van der Waals surface area contributed by atoms with Crippen molar-refractivity contribution in [2.75, 3.05) is 12.8 Å². The van der Waals surface area contributed by atoms with Crippen LogP contribution in [-0.2, 0) is 23.6 Å². The third-order valence-electron chi connectivity index (χ3n) is 2.95. The maximum absolute atomic E-state index is 13.2. The molecule has 1 aromatic carbocycles. The first kappa shape index (κ1) is 15.4. The highest BCUT2D eigenvalue weighted by molar-refractivity contribution is 7.89. The Kier molecular flexibility index (Phi) is 3.97. The topological polar surface area (TPSA) is 81.2 Å². The fourth-order valence-corrected chi connectivity index (χ4v) is 3.22. The number of aromatic nitrogens is 2. The summed E-state index contributed by atoms with van der Waals surface area (Å²) in [7, 11) is -1.06. The monoisotopic (exact) mass is 316 g/mol. The molecule has 6 nitrogen and oxygen atoms in total. The van der Waals surface area contributed by atoms with Gasteiger partial charge in [-0.3, -0.25) is 0 Å². The van der Waals surface area contributed by atoms with Gasteiger partial charge in [0.05, 0.1) is 6.33 Å². The highest BCUT2D eigenvalue weighted by atomic mass is 32.2. The van der Waals surface area contributed by atoms with Gasteiger partial charge in [-0.25, -0.2) is 22.2 Å². The average Bonchev–Trinajstić information content (AvgIpc) is 2.74. The van der Waals surface area contributed by atoms with Gasteiger partial charge in [-0.1, -0.05) is 6.07 Å². The van der Waals surface area contributed by atoms with E-state index in [1.54, 1.807) is 0 Å². The van der Waals surface area contributed by atoms with Crippen LogP contribution >= 0.6 is 0 Å². The molecule has 114 valence electrons. The highest BCUT2D eigenvalue weighted by Crippen LogP contribution is 2.21. The third kappa shape index (κ3) is 2.88. The maximum atomic E-state index is 13.2. The Hall–Kier alpha value is -2.00. The van der Waals surface area contributed by atoms with Gasteiger partial charge in [0.25, 0.3) is 10.0 Å². The molecule has 0 spiro atoms. The number of hydrogen-bond acceptors (Lipinski definition) is 4. The molecule has 0 amide bonds. The lowest BCUT2D eigenvalue weighted by atomic mass is 10.2. The van der Waals surface area contributed by atoms with E-state index in [0.29, 0.717) is 5.56 Å². The van der Waals surface area contributed by atoms with Gasteiger partial charge in [-0.2, -0.15) is 4.31 Å². The van der Waals surface area contributed by atoms with E-state index in [4.69, 9.17) is 5.73 Å². The molecule has 0 aliphatic carbocycles. The second kappa shape index (κ2) is 5.41. The van der Waals surface area contributed by atoms with E-state index in [1.165, 1.54) is 31.1 Å². The molecule has 0 radical (unpaired) electrons. The van der Waals surface area contributed by atoms with Crippen molar-refractivity contribution < 1.29 is 17.2 Å². The van der Waals surface area contributed by atoms with Crippen LogP contribution in [0.2, 0.25) is 0 Å². The Labute approximate surface area is 120 Å². The number of hydrogen-bond donors (Lipinski definition) is 1. The number of sulfonamides is 1. The van der Waals surface area contributed by atoms with Gasteiger partial charge in [0, 0.05) is 20.6 Å². The van der Waals surface area contributed by atoms with Crippen molar-refractivity contribution in [2.24, 2.45) is 7.05 Å². The number of nitrogens with two attached hydrogens (primary N) is 1. The zero-order chi connectivity index (χ0) is 15.8. The van der Waals surface area contributed by atoms with Crippen molar-refractivity contribution in [1.29, 1.82) is 0 Å². The molecule has 2 aromatic rings. The summed E-state index contributed by atoms with van der Waals surface area (Å²) in [4.78, 5) is 3.72. The van der Waals surface area contributed by atoms with Gasteiger partial charge in [0.2, 0.25) is 0 Å². The minimum Gasteiger partial charge on any atom is -0.381 e.